The average molecular weight is 393 g/mol. The van der Waals surface area contributed by atoms with Crippen LogP contribution in [-0.4, -0.2) is 51.9 Å². The molecular formula is C19H16FN7O2. The zero-order valence-electron chi connectivity index (χ0n) is 15.8. The number of pyridine rings is 2. The second-order valence-corrected chi connectivity index (χ2v) is 5.98. The van der Waals surface area contributed by atoms with Crippen LogP contribution in [0, 0.1) is 17.1 Å². The van der Waals surface area contributed by atoms with Crippen LogP contribution in [0.25, 0.3) is 11.4 Å². The number of amides is 1. The molecule has 3 rings (SSSR count). The summed E-state index contributed by atoms with van der Waals surface area (Å²) in [4.78, 5) is 30.2. The quantitative estimate of drug-likeness (QED) is 0.702. The number of halogens is 1. The van der Waals surface area contributed by atoms with Crippen LogP contribution in [0.2, 0.25) is 0 Å². The predicted octanol–water partition coefficient (Wildman–Crippen LogP) is 2.40. The van der Waals surface area contributed by atoms with Crippen molar-refractivity contribution >= 4 is 17.7 Å². The van der Waals surface area contributed by atoms with Crippen LogP contribution in [0.3, 0.4) is 0 Å². The van der Waals surface area contributed by atoms with Crippen molar-refractivity contribution in [3.63, 3.8) is 0 Å². The molecule has 9 nitrogen and oxygen atoms in total. The van der Waals surface area contributed by atoms with Crippen molar-refractivity contribution in [1.29, 1.82) is 5.26 Å². The summed E-state index contributed by atoms with van der Waals surface area (Å²) in [5.74, 6) is -0.224. The number of anilines is 2. The molecule has 0 aliphatic carbocycles. The Balaban J connectivity index is 1.89. The minimum absolute atomic E-state index is 0.156. The van der Waals surface area contributed by atoms with Crippen molar-refractivity contribution < 1.29 is 13.9 Å². The molecule has 10 heteroatoms. The number of carbonyl (C=O) groups is 1. The van der Waals surface area contributed by atoms with Crippen LogP contribution in [0.5, 0.6) is 5.88 Å². The fourth-order valence-electron chi connectivity index (χ4n) is 2.41. The molecule has 0 saturated carbocycles. The summed E-state index contributed by atoms with van der Waals surface area (Å²) >= 11 is 0. The molecule has 0 radical (unpaired) electrons. The van der Waals surface area contributed by atoms with Gasteiger partial charge in [0.2, 0.25) is 11.8 Å². The molecule has 29 heavy (non-hydrogen) atoms. The lowest BCUT2D eigenvalue weighted by Gasteiger charge is -2.14. The van der Waals surface area contributed by atoms with E-state index in [0.29, 0.717) is 22.8 Å². The second-order valence-electron chi connectivity index (χ2n) is 5.98. The number of nitriles is 1. The van der Waals surface area contributed by atoms with Crippen molar-refractivity contribution in [1.82, 2.24) is 24.8 Å². The fraction of sp³-hybridized carbons (Fsp3) is 0.158. The molecule has 0 bridgehead atoms. The van der Waals surface area contributed by atoms with Gasteiger partial charge in [0.15, 0.2) is 11.5 Å². The van der Waals surface area contributed by atoms with Gasteiger partial charge in [0.05, 0.1) is 18.5 Å². The summed E-state index contributed by atoms with van der Waals surface area (Å²) in [6, 6.07) is 9.04. The van der Waals surface area contributed by atoms with Gasteiger partial charge in [-0.2, -0.15) is 10.2 Å². The van der Waals surface area contributed by atoms with E-state index in [1.165, 1.54) is 24.3 Å². The van der Waals surface area contributed by atoms with Gasteiger partial charge in [-0.1, -0.05) is 0 Å². The molecule has 0 unspecified atom stereocenters. The molecule has 3 heterocycles. The molecule has 1 N–H and O–H groups in total. The van der Waals surface area contributed by atoms with Gasteiger partial charge in [0.1, 0.15) is 17.5 Å². The monoisotopic (exact) mass is 393 g/mol. The summed E-state index contributed by atoms with van der Waals surface area (Å²) in [6.07, 6.45) is 1.49. The molecule has 146 valence electrons. The fourth-order valence-corrected chi connectivity index (χ4v) is 2.41. The zero-order chi connectivity index (χ0) is 21.0. The van der Waals surface area contributed by atoms with E-state index in [9.17, 15) is 9.18 Å². The number of nitrogens with one attached hydrogen (secondary N) is 1. The lowest BCUT2D eigenvalue weighted by Crippen LogP contribution is -2.22. The Labute approximate surface area is 165 Å². The number of hydrogen-bond acceptors (Lipinski definition) is 8. The molecule has 3 aromatic rings. The molecule has 0 spiro atoms. The highest BCUT2D eigenvalue weighted by Crippen LogP contribution is 2.22. The first kappa shape index (κ1) is 19.6. The number of hydrogen-bond donors (Lipinski definition) is 1. The SMILES string of the molecule is COc1nc(Nc2nccc(-c3ccc(F)c(C#N)n3)n2)ccc1C(=O)N(C)C. The standard InChI is InChI=1S/C19H16FN7O2/c1-27(2)18(28)11-4-7-16(25-17(11)29-3)26-19-22-9-8-14(24-19)13-6-5-12(20)15(10-21)23-13/h4-9H,1-3H3,(H,22,24,25,26). The highest BCUT2D eigenvalue weighted by atomic mass is 19.1. The maximum absolute atomic E-state index is 13.5. The number of carbonyl (C=O) groups excluding carboxylic acids is 1. The van der Waals surface area contributed by atoms with Gasteiger partial charge in [0.25, 0.3) is 5.91 Å². The Hall–Kier alpha value is -4.13. The lowest BCUT2D eigenvalue weighted by molar-refractivity contribution is 0.0823. The Kier molecular flexibility index (Phi) is 5.59. The topological polar surface area (TPSA) is 117 Å². The Morgan fingerprint density at radius 1 is 1.14 bits per heavy atom. The third-order valence-electron chi connectivity index (χ3n) is 3.80. The number of nitrogens with zero attached hydrogens (tertiary/aromatic N) is 6. The molecular weight excluding hydrogens is 377 g/mol. The van der Waals surface area contributed by atoms with Crippen molar-refractivity contribution in [3.8, 4) is 23.3 Å². The van der Waals surface area contributed by atoms with Gasteiger partial charge >= 0.3 is 0 Å². The Morgan fingerprint density at radius 2 is 1.90 bits per heavy atom. The van der Waals surface area contributed by atoms with Gasteiger partial charge in [-0.15, -0.1) is 0 Å². The second kappa shape index (κ2) is 8.26. The number of rotatable bonds is 5. The average Bonchev–Trinajstić information content (AvgIpc) is 2.73. The minimum Gasteiger partial charge on any atom is -0.480 e. The van der Waals surface area contributed by atoms with Crippen LogP contribution in [0.15, 0.2) is 36.5 Å². The van der Waals surface area contributed by atoms with E-state index in [2.05, 4.69) is 25.3 Å². The zero-order valence-corrected chi connectivity index (χ0v) is 15.8. The molecule has 1 amide bonds. The van der Waals surface area contributed by atoms with Gasteiger partial charge in [-0.3, -0.25) is 4.79 Å². The molecule has 0 aromatic carbocycles. The number of aromatic nitrogens is 4. The Morgan fingerprint density at radius 3 is 2.59 bits per heavy atom. The summed E-state index contributed by atoms with van der Waals surface area (Å²) in [7, 11) is 4.69. The van der Waals surface area contributed by atoms with Crippen molar-refractivity contribution in [2.45, 2.75) is 0 Å². The molecule has 0 saturated heterocycles. The van der Waals surface area contributed by atoms with E-state index in [4.69, 9.17) is 10.00 Å². The van der Waals surface area contributed by atoms with Crippen LogP contribution >= 0.6 is 0 Å². The number of ether oxygens (including phenoxy) is 1. The van der Waals surface area contributed by atoms with Crippen molar-refractivity contribution in [2.24, 2.45) is 0 Å². The van der Waals surface area contributed by atoms with Crippen molar-refractivity contribution in [2.75, 3.05) is 26.5 Å². The first-order valence-corrected chi connectivity index (χ1v) is 8.36. The van der Waals surface area contributed by atoms with Gasteiger partial charge in [0, 0.05) is 20.3 Å². The van der Waals surface area contributed by atoms with Gasteiger partial charge in [-0.25, -0.2) is 19.3 Å². The predicted molar refractivity (Wildman–Crippen MR) is 102 cm³/mol. The highest BCUT2D eigenvalue weighted by molar-refractivity contribution is 5.96. The van der Waals surface area contributed by atoms with E-state index >= 15 is 0 Å². The van der Waals surface area contributed by atoms with E-state index in [0.717, 1.165) is 6.07 Å². The molecule has 0 fully saturated rings. The molecule has 0 aliphatic rings. The minimum atomic E-state index is -0.702. The van der Waals surface area contributed by atoms with Gasteiger partial charge in [-0.05, 0) is 30.3 Å². The summed E-state index contributed by atoms with van der Waals surface area (Å²) in [6.45, 7) is 0. The van der Waals surface area contributed by atoms with E-state index < -0.39 is 5.82 Å². The van der Waals surface area contributed by atoms with Crippen molar-refractivity contribution in [3.05, 3.63) is 53.6 Å². The van der Waals surface area contributed by atoms with Crippen LogP contribution in [0.1, 0.15) is 16.1 Å². The maximum Gasteiger partial charge on any atom is 0.258 e. The Bertz CT molecular complexity index is 1110. The maximum atomic E-state index is 13.5. The first-order valence-electron chi connectivity index (χ1n) is 8.36. The molecule has 0 atom stereocenters. The highest BCUT2D eigenvalue weighted by Gasteiger charge is 2.16. The lowest BCUT2D eigenvalue weighted by atomic mass is 10.2. The smallest absolute Gasteiger partial charge is 0.258 e. The number of methoxy groups -OCH3 is 1. The van der Waals surface area contributed by atoms with E-state index in [1.54, 1.807) is 38.4 Å². The van der Waals surface area contributed by atoms with Crippen LogP contribution in [0.4, 0.5) is 16.2 Å². The van der Waals surface area contributed by atoms with Crippen LogP contribution in [-0.2, 0) is 0 Å². The third kappa shape index (κ3) is 4.24. The molecule has 0 aliphatic heterocycles. The normalized spacial score (nSPS) is 10.2. The molecule has 3 aromatic heterocycles. The van der Waals surface area contributed by atoms with Gasteiger partial charge < -0.3 is 15.0 Å². The summed E-state index contributed by atoms with van der Waals surface area (Å²) in [5.41, 5.74) is 0.719. The van der Waals surface area contributed by atoms with E-state index in [-0.39, 0.29) is 23.4 Å². The largest absolute Gasteiger partial charge is 0.480 e. The van der Waals surface area contributed by atoms with Crippen LogP contribution < -0.4 is 10.1 Å². The first-order chi connectivity index (χ1) is 13.9. The summed E-state index contributed by atoms with van der Waals surface area (Å²) in [5, 5.41) is 11.9. The van der Waals surface area contributed by atoms with E-state index in [1.807, 2.05) is 0 Å². The third-order valence-corrected chi connectivity index (χ3v) is 3.80. The summed E-state index contributed by atoms with van der Waals surface area (Å²) < 4.78 is 18.7.